The van der Waals surface area contributed by atoms with E-state index in [1.54, 1.807) is 0 Å². The number of halogens is 2. The Labute approximate surface area is 168 Å². The van der Waals surface area contributed by atoms with E-state index in [-0.39, 0.29) is 23.2 Å². The van der Waals surface area contributed by atoms with E-state index in [0.29, 0.717) is 18.3 Å². The Bertz CT molecular complexity index is 1010. The third-order valence-corrected chi connectivity index (χ3v) is 6.54. The maximum Gasteiger partial charge on any atom is 0.344 e. The molecule has 1 atom stereocenters. The number of sulfone groups is 1. The fraction of sp³-hybridized carbons (Fsp3) is 0.438. The first-order valence-corrected chi connectivity index (χ1v) is 11.1. The third kappa shape index (κ3) is 5.22. The molecule has 0 spiro atoms. The summed E-state index contributed by atoms with van der Waals surface area (Å²) in [5, 5.41) is 9.13. The molecule has 13 heteroatoms. The number of carbonyl (C=O) groups is 1. The van der Waals surface area contributed by atoms with Crippen LogP contribution in [0.5, 0.6) is 0 Å². The van der Waals surface area contributed by atoms with Crippen LogP contribution in [0.2, 0.25) is 0 Å². The number of nitrogens with one attached hydrogen (secondary N) is 2. The van der Waals surface area contributed by atoms with Gasteiger partial charge < -0.3 is 10.1 Å². The van der Waals surface area contributed by atoms with Crippen LogP contribution in [0.1, 0.15) is 12.8 Å². The summed E-state index contributed by atoms with van der Waals surface area (Å²) >= 11 is 1.05. The molecule has 1 aromatic heterocycles. The molecular formula is C16H18F2N4O5S2. The van der Waals surface area contributed by atoms with Gasteiger partial charge in [0.1, 0.15) is 0 Å². The molecule has 1 fully saturated rings. The normalized spacial score (nSPS) is 17.0. The fourth-order valence-corrected chi connectivity index (χ4v) is 4.20. The predicted molar refractivity (Wildman–Crippen MR) is 101 cm³/mol. The number of nitrogens with zero attached hydrogens (tertiary/aromatic N) is 2. The van der Waals surface area contributed by atoms with E-state index < -0.39 is 26.4 Å². The van der Waals surface area contributed by atoms with E-state index in [1.165, 1.54) is 16.7 Å². The van der Waals surface area contributed by atoms with Crippen molar-refractivity contribution in [2.24, 2.45) is 0 Å². The number of amides is 1. The summed E-state index contributed by atoms with van der Waals surface area (Å²) in [4.78, 5) is 23.5. The Morgan fingerprint density at radius 3 is 2.72 bits per heavy atom. The molecule has 29 heavy (non-hydrogen) atoms. The van der Waals surface area contributed by atoms with Crippen LogP contribution in [0.4, 0.5) is 14.5 Å². The molecule has 1 aromatic carbocycles. The molecule has 1 amide bonds. The average molecular weight is 448 g/mol. The van der Waals surface area contributed by atoms with E-state index in [9.17, 15) is 26.8 Å². The molecule has 2 N–H and O–H groups in total. The van der Waals surface area contributed by atoms with Crippen molar-refractivity contribution in [1.29, 1.82) is 0 Å². The first kappa shape index (κ1) is 21.5. The monoisotopic (exact) mass is 448 g/mol. The minimum atomic E-state index is -4.69. The highest BCUT2D eigenvalue weighted by Gasteiger charge is 2.26. The van der Waals surface area contributed by atoms with Crippen molar-refractivity contribution in [3.63, 3.8) is 0 Å². The number of aromatic amines is 1. The van der Waals surface area contributed by atoms with Crippen LogP contribution in [0, 0.1) is 0 Å². The third-order valence-electron chi connectivity index (χ3n) is 4.17. The second-order valence-electron chi connectivity index (χ2n) is 6.22. The number of thioether (sulfide) groups is 1. The van der Waals surface area contributed by atoms with Crippen molar-refractivity contribution in [3.05, 3.63) is 34.7 Å². The highest BCUT2D eigenvalue weighted by molar-refractivity contribution is 7.99. The van der Waals surface area contributed by atoms with Crippen LogP contribution in [0.3, 0.4) is 0 Å². The van der Waals surface area contributed by atoms with Gasteiger partial charge in [0.05, 0.1) is 23.3 Å². The molecule has 9 nitrogen and oxygen atoms in total. The van der Waals surface area contributed by atoms with E-state index in [0.717, 1.165) is 36.7 Å². The second kappa shape index (κ2) is 9.05. The largest absolute Gasteiger partial charge is 0.376 e. The number of rotatable bonds is 8. The summed E-state index contributed by atoms with van der Waals surface area (Å²) in [7, 11) is -4.69. The van der Waals surface area contributed by atoms with Gasteiger partial charge in [0.15, 0.2) is 5.16 Å². The topological polar surface area (TPSA) is 123 Å². The van der Waals surface area contributed by atoms with E-state index in [2.05, 4.69) is 15.5 Å². The average Bonchev–Trinajstić information content (AvgIpc) is 3.31. The van der Waals surface area contributed by atoms with Gasteiger partial charge in [-0.15, -0.1) is 5.10 Å². The van der Waals surface area contributed by atoms with Gasteiger partial charge in [-0.25, -0.2) is 18.3 Å². The van der Waals surface area contributed by atoms with Crippen molar-refractivity contribution in [1.82, 2.24) is 14.8 Å². The number of aromatic nitrogens is 3. The molecule has 0 saturated carbocycles. The van der Waals surface area contributed by atoms with E-state index >= 15 is 0 Å². The second-order valence-corrected chi connectivity index (χ2v) is 9.08. The minimum Gasteiger partial charge on any atom is -0.376 e. The predicted octanol–water partition coefficient (Wildman–Crippen LogP) is 1.48. The van der Waals surface area contributed by atoms with Gasteiger partial charge in [0.25, 0.3) is 0 Å². The zero-order chi connectivity index (χ0) is 21.0. The van der Waals surface area contributed by atoms with Crippen molar-refractivity contribution < 1.29 is 26.7 Å². The van der Waals surface area contributed by atoms with E-state index in [1.807, 2.05) is 0 Å². The Hall–Kier alpha value is -2.25. The number of hydrogen-bond donors (Lipinski definition) is 2. The zero-order valence-electron chi connectivity index (χ0n) is 15.0. The summed E-state index contributed by atoms with van der Waals surface area (Å²) in [5.74, 6) is -4.01. The lowest BCUT2D eigenvalue weighted by atomic mass is 10.2. The highest BCUT2D eigenvalue weighted by Crippen LogP contribution is 2.21. The lowest BCUT2D eigenvalue weighted by molar-refractivity contribution is -0.113. The van der Waals surface area contributed by atoms with Crippen LogP contribution in [0.15, 0.2) is 39.1 Å². The summed E-state index contributed by atoms with van der Waals surface area (Å²) < 4.78 is 54.8. The number of benzene rings is 1. The Morgan fingerprint density at radius 2 is 2.10 bits per heavy atom. The molecular weight excluding hydrogens is 430 g/mol. The van der Waals surface area contributed by atoms with Gasteiger partial charge in [0, 0.05) is 12.3 Å². The Kier molecular flexibility index (Phi) is 6.70. The quantitative estimate of drug-likeness (QED) is 0.586. The van der Waals surface area contributed by atoms with Crippen LogP contribution in [0.25, 0.3) is 0 Å². The number of alkyl halides is 2. The maximum atomic E-state index is 12.5. The molecule has 1 saturated heterocycles. The van der Waals surface area contributed by atoms with Crippen LogP contribution >= 0.6 is 11.8 Å². The minimum absolute atomic E-state index is 0.0626. The first-order chi connectivity index (χ1) is 13.8. The Morgan fingerprint density at radius 1 is 1.38 bits per heavy atom. The molecule has 2 heterocycles. The molecule has 1 aliphatic rings. The van der Waals surface area contributed by atoms with Crippen LogP contribution < -0.4 is 11.0 Å². The van der Waals surface area contributed by atoms with Crippen molar-refractivity contribution in [2.45, 2.75) is 41.3 Å². The molecule has 0 bridgehead atoms. The van der Waals surface area contributed by atoms with Gasteiger partial charge in [-0.2, -0.15) is 8.78 Å². The first-order valence-electron chi connectivity index (χ1n) is 8.59. The molecule has 2 aromatic rings. The van der Waals surface area contributed by atoms with Crippen molar-refractivity contribution >= 4 is 33.2 Å². The number of anilines is 1. The fourth-order valence-electron chi connectivity index (χ4n) is 2.72. The molecule has 158 valence electrons. The van der Waals surface area contributed by atoms with Crippen molar-refractivity contribution in [3.8, 4) is 0 Å². The van der Waals surface area contributed by atoms with Crippen LogP contribution in [-0.4, -0.2) is 53.3 Å². The lowest BCUT2D eigenvalue weighted by Crippen LogP contribution is -2.25. The molecule has 0 radical (unpaired) electrons. The smallest absolute Gasteiger partial charge is 0.344 e. The SMILES string of the molecule is O=C(CSc1n[nH]c(=O)n1CC1CCCO1)Nc1ccc(S(=O)(=O)C(F)F)cc1. The zero-order valence-corrected chi connectivity index (χ0v) is 16.6. The number of H-pyrrole nitrogens is 1. The van der Waals surface area contributed by atoms with Gasteiger partial charge in [-0.3, -0.25) is 9.36 Å². The highest BCUT2D eigenvalue weighted by atomic mass is 32.2. The van der Waals surface area contributed by atoms with Gasteiger partial charge in [-0.1, -0.05) is 11.8 Å². The molecule has 1 unspecified atom stereocenters. The molecule has 3 rings (SSSR count). The van der Waals surface area contributed by atoms with E-state index in [4.69, 9.17) is 4.74 Å². The summed E-state index contributed by atoms with van der Waals surface area (Å²) in [6.45, 7) is 0.999. The summed E-state index contributed by atoms with van der Waals surface area (Å²) in [5.41, 5.74) is -0.137. The van der Waals surface area contributed by atoms with Gasteiger partial charge in [-0.05, 0) is 37.1 Å². The molecule has 0 aliphatic carbocycles. The van der Waals surface area contributed by atoms with Crippen LogP contribution in [-0.2, 0) is 25.9 Å². The maximum absolute atomic E-state index is 12.5. The summed E-state index contributed by atoms with van der Waals surface area (Å²) in [6.07, 6.45) is 1.71. The number of ether oxygens (including phenoxy) is 1. The van der Waals surface area contributed by atoms with Gasteiger partial charge >= 0.3 is 11.4 Å². The number of hydrogen-bond acceptors (Lipinski definition) is 7. The Balaban J connectivity index is 1.57. The van der Waals surface area contributed by atoms with Crippen molar-refractivity contribution in [2.75, 3.05) is 17.7 Å². The lowest BCUT2D eigenvalue weighted by Gasteiger charge is -2.11. The molecule has 1 aliphatic heterocycles. The van der Waals surface area contributed by atoms with Gasteiger partial charge in [0.2, 0.25) is 15.7 Å². The standard InChI is InChI=1S/C16H18F2N4O5S2/c17-14(18)29(25,26)12-5-3-10(4-6-12)19-13(23)9-28-16-21-20-15(24)22(16)8-11-2-1-7-27-11/h3-6,11,14H,1-2,7-9H2,(H,19,23)(H,20,24). The number of carbonyl (C=O) groups excluding carboxylic acids is 1. The summed E-state index contributed by atoms with van der Waals surface area (Å²) in [6, 6.07) is 4.44.